The van der Waals surface area contributed by atoms with E-state index in [0.717, 1.165) is 0 Å². The zero-order chi connectivity index (χ0) is 11.0. The van der Waals surface area contributed by atoms with Crippen LogP contribution >= 0.6 is 15.9 Å². The van der Waals surface area contributed by atoms with E-state index in [4.69, 9.17) is 5.84 Å². The molecule has 4 N–H and O–H groups in total. The molecule has 0 aliphatic rings. The number of benzene rings is 1. The van der Waals surface area contributed by atoms with Gasteiger partial charge in [-0.15, -0.1) is 0 Å². The molecular formula is C9H7BrFN3O. The number of hydrogen-bond donors (Lipinski definition) is 3. The maximum atomic E-state index is 13.3. The first kappa shape index (κ1) is 10.1. The molecule has 1 aromatic carbocycles. The molecule has 1 aromatic heterocycles. The average Bonchev–Trinajstić information content (AvgIpc) is 2.68. The first-order valence-corrected chi connectivity index (χ1v) is 4.90. The summed E-state index contributed by atoms with van der Waals surface area (Å²) in [5, 5.41) is 0.484. The van der Waals surface area contributed by atoms with Crippen LogP contribution in [-0.4, -0.2) is 10.9 Å². The molecule has 0 saturated heterocycles. The quantitative estimate of drug-likeness (QED) is 0.420. The Hall–Kier alpha value is -1.40. The van der Waals surface area contributed by atoms with Crippen LogP contribution in [0.25, 0.3) is 10.9 Å². The van der Waals surface area contributed by atoms with Crippen LogP contribution in [0.5, 0.6) is 0 Å². The van der Waals surface area contributed by atoms with E-state index in [2.05, 4.69) is 20.9 Å². The topological polar surface area (TPSA) is 70.9 Å². The summed E-state index contributed by atoms with van der Waals surface area (Å²) in [5.74, 6) is 4.14. The normalized spacial score (nSPS) is 10.6. The van der Waals surface area contributed by atoms with Gasteiger partial charge in [-0.25, -0.2) is 10.2 Å². The SMILES string of the molecule is NNC(=O)c1c[nH]c2c(F)ccc(Br)c12. The summed E-state index contributed by atoms with van der Waals surface area (Å²) in [6, 6.07) is 2.85. The third kappa shape index (κ3) is 1.51. The van der Waals surface area contributed by atoms with Crippen molar-refractivity contribution in [2.75, 3.05) is 0 Å². The van der Waals surface area contributed by atoms with Crippen LogP contribution in [0.4, 0.5) is 4.39 Å². The minimum atomic E-state index is -0.465. The second-order valence-corrected chi connectivity index (χ2v) is 3.81. The molecule has 2 rings (SSSR count). The maximum absolute atomic E-state index is 13.3. The summed E-state index contributed by atoms with van der Waals surface area (Å²) < 4.78 is 14.0. The number of carbonyl (C=O) groups is 1. The van der Waals surface area contributed by atoms with E-state index in [-0.39, 0.29) is 5.52 Å². The minimum absolute atomic E-state index is 0.281. The van der Waals surface area contributed by atoms with E-state index in [0.29, 0.717) is 15.4 Å². The van der Waals surface area contributed by atoms with Crippen LogP contribution in [0.2, 0.25) is 0 Å². The monoisotopic (exact) mass is 271 g/mol. The van der Waals surface area contributed by atoms with Gasteiger partial charge < -0.3 is 4.98 Å². The number of carbonyl (C=O) groups excluding carboxylic acids is 1. The van der Waals surface area contributed by atoms with Crippen LogP contribution < -0.4 is 11.3 Å². The number of halogens is 2. The van der Waals surface area contributed by atoms with Gasteiger partial charge in [-0.1, -0.05) is 15.9 Å². The minimum Gasteiger partial charge on any atom is -0.358 e. The van der Waals surface area contributed by atoms with Crippen LogP contribution in [0.3, 0.4) is 0 Å². The van der Waals surface area contributed by atoms with Gasteiger partial charge in [-0.05, 0) is 12.1 Å². The van der Waals surface area contributed by atoms with Gasteiger partial charge in [0.1, 0.15) is 5.82 Å². The summed E-state index contributed by atoms with van der Waals surface area (Å²) >= 11 is 3.25. The van der Waals surface area contributed by atoms with Crippen molar-refractivity contribution in [3.05, 3.63) is 34.2 Å². The number of rotatable bonds is 1. The molecule has 0 aliphatic carbocycles. The Morgan fingerprint density at radius 1 is 1.53 bits per heavy atom. The lowest BCUT2D eigenvalue weighted by Crippen LogP contribution is -2.29. The van der Waals surface area contributed by atoms with E-state index in [1.807, 2.05) is 5.43 Å². The predicted molar refractivity (Wildman–Crippen MR) is 57.6 cm³/mol. The van der Waals surface area contributed by atoms with Crippen molar-refractivity contribution in [3.63, 3.8) is 0 Å². The van der Waals surface area contributed by atoms with Gasteiger partial charge >= 0.3 is 0 Å². The molecule has 0 unspecified atom stereocenters. The highest BCUT2D eigenvalue weighted by atomic mass is 79.9. The lowest BCUT2D eigenvalue weighted by atomic mass is 10.1. The third-order valence-corrected chi connectivity index (χ3v) is 2.77. The van der Waals surface area contributed by atoms with Crippen molar-refractivity contribution < 1.29 is 9.18 Å². The molecule has 0 radical (unpaired) electrons. The maximum Gasteiger partial charge on any atom is 0.267 e. The molecule has 0 aliphatic heterocycles. The predicted octanol–water partition coefficient (Wildman–Crippen LogP) is 1.67. The van der Waals surface area contributed by atoms with Crippen LogP contribution in [-0.2, 0) is 0 Å². The van der Waals surface area contributed by atoms with E-state index in [1.165, 1.54) is 12.3 Å². The fourth-order valence-electron chi connectivity index (χ4n) is 1.43. The van der Waals surface area contributed by atoms with Gasteiger partial charge in [0, 0.05) is 16.1 Å². The molecule has 15 heavy (non-hydrogen) atoms. The molecule has 4 nitrogen and oxygen atoms in total. The number of fused-ring (bicyclic) bond motifs is 1. The fraction of sp³-hybridized carbons (Fsp3) is 0. The smallest absolute Gasteiger partial charge is 0.267 e. The van der Waals surface area contributed by atoms with E-state index >= 15 is 0 Å². The van der Waals surface area contributed by atoms with Crippen molar-refractivity contribution in [1.29, 1.82) is 0 Å². The van der Waals surface area contributed by atoms with Gasteiger partial charge in [0.2, 0.25) is 0 Å². The highest BCUT2D eigenvalue weighted by molar-refractivity contribution is 9.10. The average molecular weight is 272 g/mol. The molecular weight excluding hydrogens is 265 g/mol. The Labute approximate surface area is 92.7 Å². The molecule has 78 valence electrons. The Balaban J connectivity index is 2.79. The molecule has 0 fully saturated rings. The van der Waals surface area contributed by atoms with Gasteiger partial charge in [0.05, 0.1) is 11.1 Å². The molecule has 2 aromatic rings. The molecule has 6 heteroatoms. The third-order valence-electron chi connectivity index (χ3n) is 2.11. The van der Waals surface area contributed by atoms with Crippen molar-refractivity contribution in [2.45, 2.75) is 0 Å². The first-order chi connectivity index (χ1) is 7.15. The molecule has 1 amide bonds. The Morgan fingerprint density at radius 2 is 2.27 bits per heavy atom. The zero-order valence-corrected chi connectivity index (χ0v) is 9.06. The molecule has 0 saturated carbocycles. The Bertz CT molecular complexity index is 537. The van der Waals surface area contributed by atoms with Crippen LogP contribution in [0.1, 0.15) is 10.4 Å². The number of nitrogens with two attached hydrogens (primary N) is 1. The molecule has 0 spiro atoms. The number of amides is 1. The second kappa shape index (κ2) is 3.63. The lowest BCUT2D eigenvalue weighted by Gasteiger charge is -1.99. The van der Waals surface area contributed by atoms with Crippen LogP contribution in [0.15, 0.2) is 22.8 Å². The molecule has 1 heterocycles. The highest BCUT2D eigenvalue weighted by Crippen LogP contribution is 2.28. The number of hydrazine groups is 1. The first-order valence-electron chi connectivity index (χ1n) is 4.11. The van der Waals surface area contributed by atoms with Gasteiger partial charge in [0.15, 0.2) is 0 Å². The number of H-pyrrole nitrogens is 1. The Kier molecular flexibility index (Phi) is 2.45. The van der Waals surface area contributed by atoms with E-state index < -0.39 is 11.7 Å². The number of aromatic amines is 1. The van der Waals surface area contributed by atoms with Crippen molar-refractivity contribution in [2.24, 2.45) is 5.84 Å². The number of aromatic nitrogens is 1. The molecule has 0 bridgehead atoms. The fourth-order valence-corrected chi connectivity index (χ4v) is 1.97. The van der Waals surface area contributed by atoms with Gasteiger partial charge in [-0.2, -0.15) is 0 Å². The number of nitrogens with one attached hydrogen (secondary N) is 2. The van der Waals surface area contributed by atoms with Crippen molar-refractivity contribution >= 4 is 32.7 Å². The summed E-state index contributed by atoms with van der Waals surface area (Å²) in [6.07, 6.45) is 1.42. The van der Waals surface area contributed by atoms with Gasteiger partial charge in [0.25, 0.3) is 5.91 Å². The molecule has 0 atom stereocenters. The van der Waals surface area contributed by atoms with Crippen LogP contribution in [0, 0.1) is 5.82 Å². The zero-order valence-electron chi connectivity index (χ0n) is 7.47. The lowest BCUT2D eigenvalue weighted by molar-refractivity contribution is 0.0955. The summed E-state index contributed by atoms with van der Waals surface area (Å²) in [7, 11) is 0. The standard InChI is InChI=1S/C9H7BrFN3O/c10-5-1-2-6(11)8-7(5)4(3-13-8)9(15)14-12/h1-3,13H,12H2,(H,14,15). The number of hydrogen-bond acceptors (Lipinski definition) is 2. The summed E-state index contributed by atoms with van der Waals surface area (Å²) in [4.78, 5) is 14.0. The Morgan fingerprint density at radius 3 is 2.93 bits per heavy atom. The van der Waals surface area contributed by atoms with Crippen molar-refractivity contribution in [1.82, 2.24) is 10.4 Å². The highest BCUT2D eigenvalue weighted by Gasteiger charge is 2.15. The van der Waals surface area contributed by atoms with Crippen molar-refractivity contribution in [3.8, 4) is 0 Å². The number of nitrogen functional groups attached to an aromatic ring is 1. The summed E-state index contributed by atoms with van der Waals surface area (Å²) in [5.41, 5.74) is 2.59. The summed E-state index contributed by atoms with van der Waals surface area (Å²) in [6.45, 7) is 0. The largest absolute Gasteiger partial charge is 0.358 e. The van der Waals surface area contributed by atoms with E-state index in [9.17, 15) is 9.18 Å². The second-order valence-electron chi connectivity index (χ2n) is 2.96. The van der Waals surface area contributed by atoms with E-state index in [1.54, 1.807) is 6.07 Å². The van der Waals surface area contributed by atoms with Gasteiger partial charge in [-0.3, -0.25) is 10.2 Å².